The molecule has 0 bridgehead atoms. The van der Waals surface area contributed by atoms with Gasteiger partial charge in [-0.15, -0.1) is 0 Å². The summed E-state index contributed by atoms with van der Waals surface area (Å²) in [7, 11) is 0. The van der Waals surface area contributed by atoms with Crippen molar-refractivity contribution in [1.82, 2.24) is 9.97 Å². The van der Waals surface area contributed by atoms with Gasteiger partial charge in [0.1, 0.15) is 10.4 Å². The lowest BCUT2D eigenvalue weighted by molar-refractivity contribution is 0.149. The van der Waals surface area contributed by atoms with E-state index in [1.807, 2.05) is 0 Å². The Labute approximate surface area is 115 Å². The molecule has 1 aliphatic rings. The van der Waals surface area contributed by atoms with Gasteiger partial charge in [0.05, 0.1) is 12.1 Å². The van der Waals surface area contributed by atoms with E-state index in [4.69, 9.17) is 5.73 Å². The number of nitrogens with two attached hydrogens (primary N) is 1. The Bertz CT molecular complexity index is 408. The van der Waals surface area contributed by atoms with Crippen molar-refractivity contribution in [3.8, 4) is 0 Å². The van der Waals surface area contributed by atoms with Gasteiger partial charge >= 0.3 is 0 Å². The van der Waals surface area contributed by atoms with Crippen molar-refractivity contribution in [2.24, 2.45) is 5.92 Å². The highest BCUT2D eigenvalue weighted by Crippen LogP contribution is 2.34. The Kier molecular flexibility index (Phi) is 4.07. The van der Waals surface area contributed by atoms with Crippen molar-refractivity contribution < 1.29 is 5.11 Å². The van der Waals surface area contributed by atoms with Gasteiger partial charge in [0.15, 0.2) is 0 Å². The normalized spacial score (nSPS) is 28.1. The molecule has 1 aromatic rings. The van der Waals surface area contributed by atoms with Crippen LogP contribution in [0.4, 0.5) is 11.8 Å². The average Bonchev–Trinajstić information content (AvgIpc) is 2.27. The smallest absolute Gasteiger partial charge is 0.226 e. The highest BCUT2D eigenvalue weighted by Gasteiger charge is 2.35. The third kappa shape index (κ3) is 3.11. The van der Waals surface area contributed by atoms with Gasteiger partial charge in [0, 0.05) is 6.07 Å². The second-order valence-electron chi connectivity index (χ2n) is 5.20. The molecule has 1 aliphatic carbocycles. The van der Waals surface area contributed by atoms with Crippen LogP contribution in [0.25, 0.3) is 0 Å². The molecular weight excluding hydrogens is 296 g/mol. The predicted molar refractivity (Wildman–Crippen MR) is 75.2 cm³/mol. The van der Waals surface area contributed by atoms with Gasteiger partial charge in [-0.3, -0.25) is 0 Å². The van der Waals surface area contributed by atoms with Crippen LogP contribution in [-0.2, 0) is 0 Å². The molecule has 1 fully saturated rings. The molecule has 0 saturated heterocycles. The number of nitrogens with one attached hydrogen (secondary N) is 1. The van der Waals surface area contributed by atoms with Gasteiger partial charge in [-0.25, -0.2) is 4.98 Å². The molecule has 0 spiro atoms. The van der Waals surface area contributed by atoms with E-state index in [2.05, 4.69) is 38.1 Å². The first kappa shape index (κ1) is 13.5. The third-order valence-corrected chi connectivity index (χ3v) is 3.89. The van der Waals surface area contributed by atoms with Crippen molar-refractivity contribution in [1.29, 1.82) is 0 Å². The van der Waals surface area contributed by atoms with E-state index in [0.717, 1.165) is 19.3 Å². The number of aromatic nitrogens is 2. The number of aliphatic hydroxyl groups excluding tert-OH is 1. The molecule has 1 saturated carbocycles. The van der Waals surface area contributed by atoms with Crippen LogP contribution in [0.5, 0.6) is 0 Å². The maximum atomic E-state index is 9.70. The molecule has 4 N–H and O–H groups in total. The molecule has 5 nitrogen and oxygen atoms in total. The van der Waals surface area contributed by atoms with Gasteiger partial charge in [-0.1, -0.05) is 19.8 Å². The largest absolute Gasteiger partial charge is 0.394 e. The van der Waals surface area contributed by atoms with Crippen LogP contribution in [0.1, 0.15) is 32.6 Å². The first-order valence-corrected chi connectivity index (χ1v) is 7.01. The minimum Gasteiger partial charge on any atom is -0.394 e. The number of nitrogen functional groups attached to an aromatic ring is 1. The minimum atomic E-state index is -0.315. The molecule has 0 radical (unpaired) electrons. The molecule has 2 atom stereocenters. The van der Waals surface area contributed by atoms with E-state index < -0.39 is 0 Å². The number of hydrogen-bond acceptors (Lipinski definition) is 5. The SMILES string of the molecule is CC1CCCC(CO)(Nc2nc(N)cc(Br)n2)C1. The molecular formula is C12H19BrN4O. The van der Waals surface area contributed by atoms with E-state index in [0.29, 0.717) is 22.3 Å². The van der Waals surface area contributed by atoms with Gasteiger partial charge < -0.3 is 16.2 Å². The van der Waals surface area contributed by atoms with Gasteiger partial charge in [0.2, 0.25) is 5.95 Å². The molecule has 0 aliphatic heterocycles. The van der Waals surface area contributed by atoms with E-state index in [-0.39, 0.29) is 12.1 Å². The number of aliphatic hydroxyl groups is 1. The fourth-order valence-electron chi connectivity index (χ4n) is 2.68. The number of hydrogen-bond donors (Lipinski definition) is 3. The van der Waals surface area contributed by atoms with E-state index in [1.165, 1.54) is 6.42 Å². The summed E-state index contributed by atoms with van der Waals surface area (Å²) in [6.07, 6.45) is 4.19. The standard InChI is InChI=1S/C12H19BrN4O/c1-8-3-2-4-12(6-8,7-18)17-11-15-9(13)5-10(14)16-11/h5,8,18H,2-4,6-7H2,1H3,(H3,14,15,16,17). The Morgan fingerprint density at radius 1 is 1.61 bits per heavy atom. The zero-order valence-corrected chi connectivity index (χ0v) is 12.1. The number of halogens is 1. The van der Waals surface area contributed by atoms with Crippen LogP contribution in [0, 0.1) is 5.92 Å². The van der Waals surface area contributed by atoms with Crippen molar-refractivity contribution in [3.05, 3.63) is 10.7 Å². The number of nitrogens with zero attached hydrogens (tertiary/aromatic N) is 2. The highest BCUT2D eigenvalue weighted by molar-refractivity contribution is 9.10. The first-order chi connectivity index (χ1) is 8.53. The fraction of sp³-hybridized carbons (Fsp3) is 0.667. The van der Waals surface area contributed by atoms with Gasteiger partial charge in [0.25, 0.3) is 0 Å². The zero-order valence-electron chi connectivity index (χ0n) is 10.5. The summed E-state index contributed by atoms with van der Waals surface area (Å²) in [5.74, 6) is 1.49. The minimum absolute atomic E-state index is 0.0904. The summed E-state index contributed by atoms with van der Waals surface area (Å²) in [5.41, 5.74) is 5.38. The summed E-state index contributed by atoms with van der Waals surface area (Å²) < 4.78 is 0.648. The van der Waals surface area contributed by atoms with E-state index in [9.17, 15) is 5.11 Å². The Morgan fingerprint density at radius 2 is 2.39 bits per heavy atom. The average molecular weight is 315 g/mol. The molecule has 1 heterocycles. The second kappa shape index (κ2) is 5.40. The van der Waals surface area contributed by atoms with Crippen LogP contribution in [0.3, 0.4) is 0 Å². The Balaban J connectivity index is 2.18. The van der Waals surface area contributed by atoms with Crippen LogP contribution in [0.15, 0.2) is 10.7 Å². The zero-order chi connectivity index (χ0) is 13.2. The van der Waals surface area contributed by atoms with Crippen LogP contribution in [-0.4, -0.2) is 27.2 Å². The third-order valence-electron chi connectivity index (χ3n) is 3.49. The molecule has 0 amide bonds. The summed E-state index contributed by atoms with van der Waals surface area (Å²) in [5, 5.41) is 13.0. The molecule has 1 aromatic heterocycles. The van der Waals surface area contributed by atoms with Gasteiger partial charge in [-0.2, -0.15) is 4.98 Å². The lowest BCUT2D eigenvalue weighted by Gasteiger charge is -2.39. The molecule has 2 unspecified atom stereocenters. The van der Waals surface area contributed by atoms with Crippen LogP contribution < -0.4 is 11.1 Å². The Hall–Kier alpha value is -0.880. The monoisotopic (exact) mass is 314 g/mol. The molecule has 6 heteroatoms. The van der Waals surface area contributed by atoms with Crippen molar-refractivity contribution >= 4 is 27.7 Å². The number of rotatable bonds is 3. The fourth-order valence-corrected chi connectivity index (χ4v) is 3.09. The quantitative estimate of drug-likeness (QED) is 0.745. The Morgan fingerprint density at radius 3 is 3.00 bits per heavy atom. The van der Waals surface area contributed by atoms with Crippen molar-refractivity contribution in [2.45, 2.75) is 38.1 Å². The summed E-state index contributed by atoms with van der Waals surface area (Å²) in [6.45, 7) is 2.30. The second-order valence-corrected chi connectivity index (χ2v) is 6.02. The summed E-state index contributed by atoms with van der Waals surface area (Å²) in [6, 6.07) is 1.65. The highest BCUT2D eigenvalue weighted by atomic mass is 79.9. The maximum absolute atomic E-state index is 9.70. The lowest BCUT2D eigenvalue weighted by Crippen LogP contribution is -2.46. The molecule has 100 valence electrons. The maximum Gasteiger partial charge on any atom is 0.226 e. The first-order valence-electron chi connectivity index (χ1n) is 6.22. The summed E-state index contributed by atoms with van der Waals surface area (Å²) >= 11 is 3.30. The molecule has 2 rings (SSSR count). The lowest BCUT2D eigenvalue weighted by atomic mass is 9.77. The molecule has 0 aromatic carbocycles. The van der Waals surface area contributed by atoms with Gasteiger partial charge in [-0.05, 0) is 34.7 Å². The van der Waals surface area contributed by atoms with Crippen LogP contribution >= 0.6 is 15.9 Å². The van der Waals surface area contributed by atoms with E-state index in [1.54, 1.807) is 6.07 Å². The van der Waals surface area contributed by atoms with Crippen molar-refractivity contribution in [2.75, 3.05) is 17.7 Å². The predicted octanol–water partition coefficient (Wildman–Crippen LogP) is 2.17. The van der Waals surface area contributed by atoms with Crippen molar-refractivity contribution in [3.63, 3.8) is 0 Å². The topological polar surface area (TPSA) is 84.1 Å². The summed E-state index contributed by atoms with van der Waals surface area (Å²) in [4.78, 5) is 8.41. The van der Waals surface area contributed by atoms with Crippen LogP contribution in [0.2, 0.25) is 0 Å². The number of anilines is 2. The van der Waals surface area contributed by atoms with E-state index >= 15 is 0 Å². The molecule has 18 heavy (non-hydrogen) atoms.